The van der Waals surface area contributed by atoms with Crippen LogP contribution in [0.5, 0.6) is 11.5 Å². The molecule has 1 aliphatic heterocycles. The molecule has 2 aromatic carbocycles. The molecule has 1 heterocycles. The van der Waals surface area contributed by atoms with Crippen LogP contribution in [0.15, 0.2) is 47.4 Å². The Morgan fingerprint density at radius 3 is 2.44 bits per heavy atom. The van der Waals surface area contributed by atoms with Crippen LogP contribution in [0.3, 0.4) is 0 Å². The summed E-state index contributed by atoms with van der Waals surface area (Å²) in [6.07, 6.45) is 1.26. The van der Waals surface area contributed by atoms with Crippen LogP contribution in [-0.2, 0) is 21.2 Å². The molecule has 1 amide bonds. The summed E-state index contributed by atoms with van der Waals surface area (Å²) in [7, 11) is -2.33. The maximum atomic E-state index is 12.8. The molecule has 0 radical (unpaired) electrons. The van der Waals surface area contributed by atoms with Crippen LogP contribution in [0.25, 0.3) is 0 Å². The van der Waals surface area contributed by atoms with E-state index >= 15 is 0 Å². The minimum atomic E-state index is -3.68. The molecule has 182 valence electrons. The van der Waals surface area contributed by atoms with Crippen molar-refractivity contribution in [3.8, 4) is 17.6 Å². The number of sulfonamides is 1. The van der Waals surface area contributed by atoms with Crippen LogP contribution in [0, 0.1) is 17.2 Å². The number of rotatable bonds is 9. The second kappa shape index (κ2) is 11.3. The molecule has 0 aromatic heterocycles. The lowest BCUT2D eigenvalue weighted by Crippen LogP contribution is -2.43. The predicted octanol–water partition coefficient (Wildman–Crippen LogP) is 2.93. The summed E-state index contributed by atoms with van der Waals surface area (Å²) in [5.74, 6) is -0.336. The molecule has 1 N–H and O–H groups in total. The number of methoxy groups -OCH3 is 1. The van der Waals surface area contributed by atoms with Gasteiger partial charge in [-0.1, -0.05) is 6.07 Å². The van der Waals surface area contributed by atoms with Gasteiger partial charge in [0, 0.05) is 25.6 Å². The quantitative estimate of drug-likeness (QED) is 0.575. The number of ether oxygens (including phenoxy) is 2. The van der Waals surface area contributed by atoms with E-state index in [1.54, 1.807) is 12.1 Å². The summed E-state index contributed by atoms with van der Waals surface area (Å²) in [6.45, 7) is -2.17. The molecule has 0 bridgehead atoms. The number of alkyl halides is 2. The summed E-state index contributed by atoms with van der Waals surface area (Å²) in [5.41, 5.74) is 1.16. The van der Waals surface area contributed by atoms with Gasteiger partial charge in [0.05, 0.1) is 23.6 Å². The van der Waals surface area contributed by atoms with Crippen LogP contribution >= 0.6 is 0 Å². The number of carbonyl (C=O) groups excluding carboxylic acids is 1. The first-order valence-corrected chi connectivity index (χ1v) is 12.1. The fourth-order valence-electron chi connectivity index (χ4n) is 3.74. The average molecular weight is 494 g/mol. The number of benzene rings is 2. The smallest absolute Gasteiger partial charge is 0.387 e. The Hall–Kier alpha value is -3.23. The second-order valence-electron chi connectivity index (χ2n) is 7.72. The zero-order chi connectivity index (χ0) is 24.7. The van der Waals surface area contributed by atoms with Gasteiger partial charge in [-0.25, -0.2) is 8.42 Å². The molecular formula is C23H25F2N3O5S. The molecular weight excluding hydrogens is 468 g/mol. The third kappa shape index (κ3) is 6.21. The Morgan fingerprint density at radius 1 is 1.18 bits per heavy atom. The molecule has 1 saturated heterocycles. The Kier molecular flexibility index (Phi) is 8.41. The van der Waals surface area contributed by atoms with E-state index in [0.29, 0.717) is 31.4 Å². The van der Waals surface area contributed by atoms with Crippen LogP contribution < -0.4 is 14.8 Å². The molecule has 1 fully saturated rings. The third-order valence-electron chi connectivity index (χ3n) is 5.60. The summed E-state index contributed by atoms with van der Waals surface area (Å²) >= 11 is 0. The average Bonchev–Trinajstić information content (AvgIpc) is 2.84. The zero-order valence-corrected chi connectivity index (χ0v) is 19.4. The topological polar surface area (TPSA) is 109 Å². The van der Waals surface area contributed by atoms with E-state index in [1.807, 2.05) is 6.07 Å². The Morgan fingerprint density at radius 2 is 1.85 bits per heavy atom. The predicted molar refractivity (Wildman–Crippen MR) is 119 cm³/mol. The van der Waals surface area contributed by atoms with Gasteiger partial charge in [0.1, 0.15) is 0 Å². The first-order chi connectivity index (χ1) is 16.2. The molecule has 1 aliphatic rings. The lowest BCUT2D eigenvalue weighted by Gasteiger charge is -2.30. The highest BCUT2D eigenvalue weighted by Crippen LogP contribution is 2.29. The molecule has 2 aromatic rings. The molecule has 0 spiro atoms. The molecule has 11 heteroatoms. The van der Waals surface area contributed by atoms with Crippen LogP contribution in [-0.4, -0.2) is 52.0 Å². The number of halogens is 2. The van der Waals surface area contributed by atoms with E-state index in [1.165, 1.54) is 41.7 Å². The van der Waals surface area contributed by atoms with Gasteiger partial charge in [0.25, 0.3) is 0 Å². The molecule has 3 rings (SSSR count). The van der Waals surface area contributed by atoms with Gasteiger partial charge >= 0.3 is 6.61 Å². The number of hydrogen-bond acceptors (Lipinski definition) is 6. The second-order valence-corrected chi connectivity index (χ2v) is 9.66. The van der Waals surface area contributed by atoms with E-state index in [-0.39, 0.29) is 41.3 Å². The Bertz CT molecular complexity index is 1140. The number of nitriles is 1. The minimum Gasteiger partial charge on any atom is -0.493 e. The van der Waals surface area contributed by atoms with Gasteiger partial charge in [-0.3, -0.25) is 4.79 Å². The maximum Gasteiger partial charge on any atom is 0.387 e. The zero-order valence-electron chi connectivity index (χ0n) is 18.5. The monoisotopic (exact) mass is 493 g/mol. The summed E-state index contributed by atoms with van der Waals surface area (Å²) in [6, 6.07) is 12.3. The lowest BCUT2D eigenvalue weighted by molar-refractivity contribution is -0.126. The van der Waals surface area contributed by atoms with Gasteiger partial charge in [-0.2, -0.15) is 18.3 Å². The van der Waals surface area contributed by atoms with Crippen LogP contribution in [0.4, 0.5) is 8.78 Å². The van der Waals surface area contributed by atoms with Gasteiger partial charge in [0.15, 0.2) is 11.5 Å². The van der Waals surface area contributed by atoms with Crippen molar-refractivity contribution in [3.05, 3.63) is 53.6 Å². The molecule has 0 unspecified atom stereocenters. The van der Waals surface area contributed by atoms with Crippen LogP contribution in [0.1, 0.15) is 24.0 Å². The fraction of sp³-hybridized carbons (Fsp3) is 0.391. The number of hydrogen-bond donors (Lipinski definition) is 1. The number of nitrogens with one attached hydrogen (secondary N) is 1. The lowest BCUT2D eigenvalue weighted by atomic mass is 9.97. The summed E-state index contributed by atoms with van der Waals surface area (Å²) in [5, 5.41) is 11.7. The first-order valence-electron chi connectivity index (χ1n) is 10.6. The van der Waals surface area contributed by atoms with Crippen molar-refractivity contribution in [2.75, 3.05) is 26.7 Å². The number of amides is 1. The van der Waals surface area contributed by atoms with Crippen molar-refractivity contribution in [1.29, 1.82) is 5.26 Å². The van der Waals surface area contributed by atoms with Crippen LogP contribution in [0.2, 0.25) is 0 Å². The highest BCUT2D eigenvalue weighted by atomic mass is 32.2. The van der Waals surface area contributed by atoms with Crippen molar-refractivity contribution in [3.63, 3.8) is 0 Å². The highest BCUT2D eigenvalue weighted by Gasteiger charge is 2.32. The van der Waals surface area contributed by atoms with E-state index in [0.717, 1.165) is 5.56 Å². The molecule has 0 aliphatic carbocycles. The first kappa shape index (κ1) is 25.4. The largest absolute Gasteiger partial charge is 0.493 e. The summed E-state index contributed by atoms with van der Waals surface area (Å²) in [4.78, 5) is 12.7. The number of carbonyl (C=O) groups is 1. The molecule has 34 heavy (non-hydrogen) atoms. The number of nitrogens with zero attached hydrogens (tertiary/aromatic N) is 2. The van der Waals surface area contributed by atoms with Gasteiger partial charge in [0.2, 0.25) is 15.9 Å². The normalized spacial score (nSPS) is 15.0. The molecule has 8 nitrogen and oxygen atoms in total. The standard InChI is InChI=1S/C23H25F2N3O5S/c1-32-21-14-16(4-7-20(21)33-23(24)25)8-11-27-22(29)18-9-12-28(13-10-18)34(30,31)19-5-2-17(15-26)3-6-19/h2-7,14,18,23H,8-13H2,1H3,(H,27,29). The summed E-state index contributed by atoms with van der Waals surface area (Å²) < 4.78 is 61.3. The Labute approximate surface area is 197 Å². The van der Waals surface area contributed by atoms with E-state index in [4.69, 9.17) is 10.00 Å². The van der Waals surface area contributed by atoms with E-state index < -0.39 is 16.6 Å². The van der Waals surface area contributed by atoms with E-state index in [2.05, 4.69) is 10.1 Å². The third-order valence-corrected chi connectivity index (χ3v) is 7.52. The van der Waals surface area contributed by atoms with Crippen molar-refractivity contribution in [2.45, 2.75) is 30.8 Å². The molecule has 0 atom stereocenters. The molecule has 0 saturated carbocycles. The fourth-order valence-corrected chi connectivity index (χ4v) is 5.21. The van der Waals surface area contributed by atoms with Crippen molar-refractivity contribution < 1.29 is 31.5 Å². The Balaban J connectivity index is 1.49. The van der Waals surface area contributed by atoms with Gasteiger partial charge in [-0.15, -0.1) is 0 Å². The van der Waals surface area contributed by atoms with Gasteiger partial charge < -0.3 is 14.8 Å². The van der Waals surface area contributed by atoms with Crippen molar-refractivity contribution >= 4 is 15.9 Å². The van der Waals surface area contributed by atoms with E-state index in [9.17, 15) is 22.0 Å². The van der Waals surface area contributed by atoms with Gasteiger partial charge in [-0.05, 0) is 61.2 Å². The van der Waals surface area contributed by atoms with Crippen molar-refractivity contribution in [1.82, 2.24) is 9.62 Å². The SMILES string of the molecule is COc1cc(CCNC(=O)C2CCN(S(=O)(=O)c3ccc(C#N)cc3)CC2)ccc1OC(F)F. The van der Waals surface area contributed by atoms with Crippen molar-refractivity contribution in [2.24, 2.45) is 5.92 Å². The highest BCUT2D eigenvalue weighted by molar-refractivity contribution is 7.89. The number of piperidine rings is 1. The minimum absolute atomic E-state index is 0.0620. The maximum absolute atomic E-state index is 12.8.